The van der Waals surface area contributed by atoms with E-state index >= 15 is 0 Å². The molecular weight excluding hydrogens is 534 g/mol. The van der Waals surface area contributed by atoms with Crippen LogP contribution in [0.3, 0.4) is 0 Å². The summed E-state index contributed by atoms with van der Waals surface area (Å²) in [5.74, 6) is -1.65. The summed E-state index contributed by atoms with van der Waals surface area (Å²) in [5, 5.41) is 5.96. The first kappa shape index (κ1) is 22.1. The van der Waals surface area contributed by atoms with Crippen molar-refractivity contribution >= 4 is 66.0 Å². The molecule has 3 aromatic rings. The number of rotatable bonds is 3. The zero-order chi connectivity index (χ0) is 23.7. The Hall–Kier alpha value is -2.69. The molecular formula is C22H17BrClN3O5S. The summed E-state index contributed by atoms with van der Waals surface area (Å²) >= 11 is 9.85. The molecule has 1 saturated heterocycles. The highest BCUT2D eigenvalue weighted by atomic mass is 79.9. The number of imide groups is 1. The third kappa shape index (κ3) is 3.48. The van der Waals surface area contributed by atoms with E-state index in [2.05, 4.69) is 26.6 Å². The fourth-order valence-electron chi connectivity index (χ4n) is 4.54. The Balaban J connectivity index is 1.72. The average Bonchev–Trinajstić information content (AvgIpc) is 3.33. The highest BCUT2D eigenvalue weighted by molar-refractivity contribution is 9.10. The quantitative estimate of drug-likeness (QED) is 0.487. The van der Waals surface area contributed by atoms with Gasteiger partial charge in [-0.05, 0) is 40.0 Å². The van der Waals surface area contributed by atoms with Crippen LogP contribution in [0.2, 0.25) is 5.02 Å². The molecule has 5 rings (SSSR count). The van der Waals surface area contributed by atoms with Crippen molar-refractivity contribution in [3.05, 3.63) is 56.6 Å². The number of halogens is 2. The van der Waals surface area contributed by atoms with Crippen molar-refractivity contribution in [3.8, 4) is 11.1 Å². The lowest BCUT2D eigenvalue weighted by molar-refractivity contribution is 0.0877. The maximum Gasteiger partial charge on any atom is 0.269 e. The van der Waals surface area contributed by atoms with Crippen LogP contribution >= 0.6 is 27.5 Å². The Morgan fingerprint density at radius 2 is 1.88 bits per heavy atom. The molecule has 0 saturated carbocycles. The third-order valence-corrected chi connectivity index (χ3v) is 8.93. The van der Waals surface area contributed by atoms with E-state index in [0.717, 1.165) is 0 Å². The Bertz CT molecular complexity index is 1510. The van der Waals surface area contributed by atoms with Gasteiger partial charge in [0.2, 0.25) is 0 Å². The first-order valence-electron chi connectivity index (χ1n) is 10.1. The Kier molecular flexibility index (Phi) is 5.15. The van der Waals surface area contributed by atoms with Crippen molar-refractivity contribution in [2.24, 2.45) is 7.05 Å². The van der Waals surface area contributed by atoms with Gasteiger partial charge in [-0.15, -0.1) is 0 Å². The van der Waals surface area contributed by atoms with Gasteiger partial charge in [-0.25, -0.2) is 8.42 Å². The van der Waals surface area contributed by atoms with Gasteiger partial charge in [0.25, 0.3) is 17.7 Å². The number of hydrogen-bond donors (Lipinski definition) is 2. The van der Waals surface area contributed by atoms with Gasteiger partial charge in [-0.3, -0.25) is 19.7 Å². The fourth-order valence-corrected chi connectivity index (χ4v) is 7.30. The number of carbonyl (C=O) groups excluding carboxylic acids is 3. The van der Waals surface area contributed by atoms with E-state index in [-0.39, 0.29) is 28.3 Å². The zero-order valence-corrected chi connectivity index (χ0v) is 20.4. The number of aryl methyl sites for hydroxylation is 1. The molecule has 1 atom stereocenters. The first-order chi connectivity index (χ1) is 15.6. The maximum absolute atomic E-state index is 13.1. The normalized spacial score (nSPS) is 19.1. The van der Waals surface area contributed by atoms with Crippen LogP contribution in [0.5, 0.6) is 0 Å². The van der Waals surface area contributed by atoms with Crippen molar-refractivity contribution in [2.75, 3.05) is 11.5 Å². The van der Waals surface area contributed by atoms with Gasteiger partial charge in [-0.2, -0.15) is 0 Å². The highest BCUT2D eigenvalue weighted by Crippen LogP contribution is 2.42. The smallest absolute Gasteiger partial charge is 0.269 e. The summed E-state index contributed by atoms with van der Waals surface area (Å²) in [5.41, 5.74) is 2.19. The number of aromatic nitrogens is 1. The Morgan fingerprint density at radius 1 is 1.18 bits per heavy atom. The number of sulfone groups is 1. The van der Waals surface area contributed by atoms with Crippen molar-refractivity contribution in [1.29, 1.82) is 0 Å². The Labute approximate surface area is 202 Å². The van der Waals surface area contributed by atoms with Crippen LogP contribution in [0.4, 0.5) is 0 Å². The molecule has 2 N–H and O–H groups in total. The second kappa shape index (κ2) is 7.68. The van der Waals surface area contributed by atoms with Crippen LogP contribution < -0.4 is 10.6 Å². The summed E-state index contributed by atoms with van der Waals surface area (Å²) in [7, 11) is -1.49. The molecule has 1 aromatic heterocycles. The van der Waals surface area contributed by atoms with Crippen molar-refractivity contribution in [2.45, 2.75) is 12.5 Å². The molecule has 2 aliphatic heterocycles. The monoisotopic (exact) mass is 549 g/mol. The molecule has 0 bridgehead atoms. The fraction of sp³-hybridized carbons (Fsp3) is 0.227. The van der Waals surface area contributed by atoms with Crippen LogP contribution in [0.1, 0.15) is 37.6 Å². The average molecular weight is 551 g/mol. The number of nitrogens with zero attached hydrogens (tertiary/aromatic N) is 1. The van der Waals surface area contributed by atoms with Crippen molar-refractivity contribution in [1.82, 2.24) is 15.2 Å². The van der Waals surface area contributed by atoms with Gasteiger partial charge in [0.05, 0.1) is 32.6 Å². The van der Waals surface area contributed by atoms with E-state index in [9.17, 15) is 22.8 Å². The number of carbonyl (C=O) groups is 3. The molecule has 33 heavy (non-hydrogen) atoms. The van der Waals surface area contributed by atoms with E-state index in [4.69, 9.17) is 11.6 Å². The van der Waals surface area contributed by atoms with E-state index < -0.39 is 33.6 Å². The number of amides is 3. The number of fused-ring (bicyclic) bond motifs is 3. The number of benzene rings is 2. The standard InChI is InChI=1S/C22H17BrClN3O5S/c1-27-14-8-12(11-4-2-3-5-13(11)24)15-17(21(29)26-20(15)28)16(14)18(23)19(27)22(30)25-10-6-7-33(31,32)9-10/h2-5,8,10H,6-7,9H2,1H3,(H,25,30)(H,26,28,29). The molecule has 3 amide bonds. The largest absolute Gasteiger partial charge is 0.347 e. The lowest BCUT2D eigenvalue weighted by Crippen LogP contribution is -2.36. The third-order valence-electron chi connectivity index (χ3n) is 6.06. The minimum Gasteiger partial charge on any atom is -0.347 e. The van der Waals surface area contributed by atoms with Crippen molar-refractivity contribution < 1.29 is 22.8 Å². The lowest BCUT2D eigenvalue weighted by Gasteiger charge is -2.12. The topological polar surface area (TPSA) is 114 Å². The molecule has 1 unspecified atom stereocenters. The molecule has 11 heteroatoms. The highest BCUT2D eigenvalue weighted by Gasteiger charge is 2.37. The van der Waals surface area contributed by atoms with Gasteiger partial charge < -0.3 is 9.88 Å². The molecule has 0 aliphatic carbocycles. The van der Waals surface area contributed by atoms with Crippen LogP contribution in [0.15, 0.2) is 34.8 Å². The number of nitrogens with one attached hydrogen (secondary N) is 2. The summed E-state index contributed by atoms with van der Waals surface area (Å²) in [6.45, 7) is 0. The molecule has 0 spiro atoms. The minimum absolute atomic E-state index is 0.0330. The Morgan fingerprint density at radius 3 is 2.55 bits per heavy atom. The molecule has 1 fully saturated rings. The molecule has 2 aromatic carbocycles. The lowest BCUT2D eigenvalue weighted by atomic mass is 9.94. The predicted molar refractivity (Wildman–Crippen MR) is 127 cm³/mol. The molecule has 0 radical (unpaired) electrons. The van der Waals surface area contributed by atoms with Crippen LogP contribution in [-0.2, 0) is 16.9 Å². The van der Waals surface area contributed by atoms with Gasteiger partial charge in [0.1, 0.15) is 5.69 Å². The van der Waals surface area contributed by atoms with Crippen LogP contribution in [0.25, 0.3) is 22.0 Å². The van der Waals surface area contributed by atoms with E-state index in [0.29, 0.717) is 37.9 Å². The maximum atomic E-state index is 13.1. The summed E-state index contributed by atoms with van der Waals surface area (Å²) in [6.07, 6.45) is 0.346. The van der Waals surface area contributed by atoms with E-state index in [1.165, 1.54) is 0 Å². The number of hydrogen-bond acceptors (Lipinski definition) is 5. The summed E-state index contributed by atoms with van der Waals surface area (Å²) < 4.78 is 25.5. The van der Waals surface area contributed by atoms with Crippen molar-refractivity contribution in [3.63, 3.8) is 0 Å². The summed E-state index contributed by atoms with van der Waals surface area (Å²) in [6, 6.07) is 8.24. The van der Waals surface area contributed by atoms with Crippen LogP contribution in [0, 0.1) is 0 Å². The second-order valence-corrected chi connectivity index (χ2v) is 11.6. The van der Waals surface area contributed by atoms with Gasteiger partial charge in [-0.1, -0.05) is 29.8 Å². The molecule has 170 valence electrons. The zero-order valence-electron chi connectivity index (χ0n) is 17.2. The second-order valence-electron chi connectivity index (χ2n) is 8.13. The van der Waals surface area contributed by atoms with Gasteiger partial charge in [0.15, 0.2) is 9.84 Å². The molecule has 8 nitrogen and oxygen atoms in total. The van der Waals surface area contributed by atoms with E-state index in [1.54, 1.807) is 41.9 Å². The SMILES string of the molecule is Cn1c(C(=O)NC2CCS(=O)(=O)C2)c(Br)c2c3c(c(-c4ccccc4Cl)cc21)C(=O)NC3=O. The predicted octanol–water partition coefficient (Wildman–Crippen LogP) is 3.06. The minimum atomic E-state index is -3.17. The summed E-state index contributed by atoms with van der Waals surface area (Å²) in [4.78, 5) is 38.6. The van der Waals surface area contributed by atoms with Crippen LogP contribution in [-0.4, -0.2) is 48.3 Å². The molecule has 2 aliphatic rings. The molecule has 3 heterocycles. The van der Waals surface area contributed by atoms with Gasteiger partial charge in [0, 0.05) is 29.1 Å². The van der Waals surface area contributed by atoms with Gasteiger partial charge >= 0.3 is 0 Å². The first-order valence-corrected chi connectivity index (χ1v) is 13.0. The van der Waals surface area contributed by atoms with E-state index in [1.807, 2.05) is 0 Å².